The second-order valence-corrected chi connectivity index (χ2v) is 5.19. The van der Waals surface area contributed by atoms with E-state index in [0.29, 0.717) is 0 Å². The summed E-state index contributed by atoms with van der Waals surface area (Å²) in [4.78, 5) is 0.833. The van der Waals surface area contributed by atoms with Gasteiger partial charge >= 0.3 is 0 Å². The van der Waals surface area contributed by atoms with Crippen molar-refractivity contribution in [3.8, 4) is 0 Å². The molecule has 0 radical (unpaired) electrons. The van der Waals surface area contributed by atoms with E-state index in [1.807, 2.05) is 13.8 Å². The van der Waals surface area contributed by atoms with Gasteiger partial charge in [0.2, 0.25) is 4.96 Å². The van der Waals surface area contributed by atoms with Crippen LogP contribution in [0.3, 0.4) is 0 Å². The minimum absolute atomic E-state index is 0.356. The summed E-state index contributed by atoms with van der Waals surface area (Å²) in [6.07, 6.45) is 2.81. The Morgan fingerprint density at radius 2 is 2.12 bits per heavy atom. The molecule has 0 aliphatic rings. The SMILES string of the molecule is CCCC(C)(N)c1nn2c(CC)nnc2s1. The fraction of sp³-hybridized carbons (Fsp3) is 0.700. The molecule has 0 aromatic carbocycles. The number of rotatable bonds is 4. The van der Waals surface area contributed by atoms with E-state index in [9.17, 15) is 0 Å². The monoisotopic (exact) mass is 239 g/mol. The van der Waals surface area contributed by atoms with E-state index in [2.05, 4.69) is 22.2 Å². The molecule has 2 aromatic rings. The number of aromatic nitrogens is 4. The number of nitrogens with zero attached hydrogens (tertiary/aromatic N) is 4. The van der Waals surface area contributed by atoms with Crippen LogP contribution in [0, 0.1) is 0 Å². The van der Waals surface area contributed by atoms with Gasteiger partial charge in [0.1, 0.15) is 5.01 Å². The molecule has 1 unspecified atom stereocenters. The van der Waals surface area contributed by atoms with Crippen LogP contribution in [0.2, 0.25) is 0 Å². The highest BCUT2D eigenvalue weighted by Crippen LogP contribution is 2.27. The Morgan fingerprint density at radius 3 is 2.75 bits per heavy atom. The van der Waals surface area contributed by atoms with E-state index in [0.717, 1.165) is 35.1 Å². The van der Waals surface area contributed by atoms with Gasteiger partial charge < -0.3 is 5.73 Å². The van der Waals surface area contributed by atoms with E-state index >= 15 is 0 Å². The van der Waals surface area contributed by atoms with Crippen molar-refractivity contribution in [3.63, 3.8) is 0 Å². The maximum Gasteiger partial charge on any atom is 0.234 e. The van der Waals surface area contributed by atoms with Crippen LogP contribution in [0.25, 0.3) is 4.96 Å². The lowest BCUT2D eigenvalue weighted by Crippen LogP contribution is -2.32. The Hall–Kier alpha value is -1.01. The zero-order valence-corrected chi connectivity index (χ0v) is 10.7. The van der Waals surface area contributed by atoms with Gasteiger partial charge in [-0.3, -0.25) is 0 Å². The first-order valence-corrected chi connectivity index (χ1v) is 6.40. The number of hydrogen-bond acceptors (Lipinski definition) is 5. The van der Waals surface area contributed by atoms with Crippen LogP contribution in [0.1, 0.15) is 44.4 Å². The lowest BCUT2D eigenvalue weighted by atomic mass is 9.99. The van der Waals surface area contributed by atoms with Crippen LogP contribution in [-0.2, 0) is 12.0 Å². The molecule has 2 heterocycles. The van der Waals surface area contributed by atoms with Crippen LogP contribution in [0.5, 0.6) is 0 Å². The summed E-state index contributed by atoms with van der Waals surface area (Å²) in [7, 11) is 0. The summed E-state index contributed by atoms with van der Waals surface area (Å²) in [6.45, 7) is 6.19. The van der Waals surface area contributed by atoms with E-state index in [4.69, 9.17) is 5.73 Å². The van der Waals surface area contributed by atoms with Crippen LogP contribution in [0.15, 0.2) is 0 Å². The van der Waals surface area contributed by atoms with Crippen molar-refractivity contribution < 1.29 is 0 Å². The van der Waals surface area contributed by atoms with Gasteiger partial charge in [-0.2, -0.15) is 9.61 Å². The summed E-state index contributed by atoms with van der Waals surface area (Å²) in [5.41, 5.74) is 5.89. The van der Waals surface area contributed by atoms with Gasteiger partial charge in [-0.1, -0.05) is 31.6 Å². The van der Waals surface area contributed by atoms with Gasteiger partial charge in [-0.15, -0.1) is 10.2 Å². The molecule has 0 aliphatic heterocycles. The minimum atomic E-state index is -0.356. The van der Waals surface area contributed by atoms with E-state index < -0.39 is 0 Å². The first kappa shape index (κ1) is 11.5. The molecule has 5 nitrogen and oxygen atoms in total. The Morgan fingerprint density at radius 1 is 1.38 bits per heavy atom. The summed E-state index contributed by atoms with van der Waals surface area (Å²) in [6, 6.07) is 0. The molecule has 16 heavy (non-hydrogen) atoms. The summed E-state index contributed by atoms with van der Waals surface area (Å²) in [5.74, 6) is 0.893. The second-order valence-electron chi connectivity index (χ2n) is 4.24. The van der Waals surface area contributed by atoms with Gasteiger partial charge in [0, 0.05) is 6.42 Å². The molecule has 0 saturated carbocycles. The molecule has 0 aliphatic carbocycles. The third-order valence-electron chi connectivity index (χ3n) is 2.63. The maximum atomic E-state index is 6.25. The lowest BCUT2D eigenvalue weighted by molar-refractivity contribution is 0.438. The number of hydrogen-bond donors (Lipinski definition) is 1. The highest BCUT2D eigenvalue weighted by molar-refractivity contribution is 7.16. The predicted molar refractivity (Wildman–Crippen MR) is 64.5 cm³/mol. The van der Waals surface area contributed by atoms with Gasteiger partial charge in [0.05, 0.1) is 5.54 Å². The smallest absolute Gasteiger partial charge is 0.234 e. The Bertz CT molecular complexity index is 484. The van der Waals surface area contributed by atoms with E-state index in [-0.39, 0.29) is 5.54 Å². The van der Waals surface area contributed by atoms with Crippen molar-refractivity contribution in [1.29, 1.82) is 0 Å². The van der Waals surface area contributed by atoms with Crippen LogP contribution in [-0.4, -0.2) is 19.8 Å². The largest absolute Gasteiger partial charge is 0.320 e. The van der Waals surface area contributed by atoms with Crippen molar-refractivity contribution in [2.45, 2.75) is 45.6 Å². The molecule has 1 atom stereocenters. The number of fused-ring (bicyclic) bond motifs is 1. The zero-order valence-electron chi connectivity index (χ0n) is 9.90. The van der Waals surface area contributed by atoms with Crippen molar-refractivity contribution in [3.05, 3.63) is 10.8 Å². The normalized spacial score (nSPS) is 15.5. The molecule has 0 spiro atoms. The third-order valence-corrected chi connectivity index (χ3v) is 3.81. The van der Waals surface area contributed by atoms with Crippen molar-refractivity contribution in [1.82, 2.24) is 19.8 Å². The average molecular weight is 239 g/mol. The second kappa shape index (κ2) is 4.10. The fourth-order valence-corrected chi connectivity index (χ4v) is 2.68. The molecular formula is C10H17N5S. The molecule has 0 amide bonds. The highest BCUT2D eigenvalue weighted by Gasteiger charge is 2.26. The predicted octanol–water partition coefficient (Wildman–Crippen LogP) is 1.72. The molecule has 0 saturated heterocycles. The quantitative estimate of drug-likeness (QED) is 0.882. The summed E-state index contributed by atoms with van der Waals surface area (Å²) < 4.78 is 1.81. The molecular weight excluding hydrogens is 222 g/mol. The van der Waals surface area contributed by atoms with Crippen molar-refractivity contribution >= 4 is 16.3 Å². The van der Waals surface area contributed by atoms with Crippen molar-refractivity contribution in [2.75, 3.05) is 0 Å². The molecule has 6 heteroatoms. The highest BCUT2D eigenvalue weighted by atomic mass is 32.1. The van der Waals surface area contributed by atoms with E-state index in [1.54, 1.807) is 4.52 Å². The lowest BCUT2D eigenvalue weighted by Gasteiger charge is -2.19. The molecule has 2 rings (SSSR count). The molecule has 2 aromatic heterocycles. The van der Waals surface area contributed by atoms with Crippen LogP contribution in [0.4, 0.5) is 0 Å². The van der Waals surface area contributed by atoms with Gasteiger partial charge in [-0.05, 0) is 13.3 Å². The molecule has 0 fully saturated rings. The summed E-state index contributed by atoms with van der Waals surface area (Å²) in [5, 5.41) is 13.6. The standard InChI is InChI=1S/C10H17N5S/c1-4-6-10(3,11)8-14-15-7(5-2)12-13-9(15)16-8/h4-6,11H2,1-3H3. The molecule has 88 valence electrons. The van der Waals surface area contributed by atoms with E-state index in [1.165, 1.54) is 11.3 Å². The minimum Gasteiger partial charge on any atom is -0.320 e. The topological polar surface area (TPSA) is 69.1 Å². The van der Waals surface area contributed by atoms with Crippen LogP contribution >= 0.6 is 11.3 Å². The Balaban J connectivity index is 2.43. The number of aryl methyl sites for hydroxylation is 1. The van der Waals surface area contributed by atoms with Crippen LogP contribution < -0.4 is 5.73 Å². The fourth-order valence-electron chi connectivity index (χ4n) is 1.74. The van der Waals surface area contributed by atoms with Gasteiger partial charge in [0.25, 0.3) is 0 Å². The summed E-state index contributed by atoms with van der Waals surface area (Å²) >= 11 is 1.53. The van der Waals surface area contributed by atoms with Gasteiger partial charge in [0.15, 0.2) is 5.82 Å². The first-order valence-electron chi connectivity index (χ1n) is 5.59. The zero-order chi connectivity index (χ0) is 11.8. The molecule has 0 bridgehead atoms. The van der Waals surface area contributed by atoms with Crippen molar-refractivity contribution in [2.24, 2.45) is 5.73 Å². The third kappa shape index (κ3) is 1.82. The Kier molecular flexibility index (Phi) is 2.94. The van der Waals surface area contributed by atoms with Gasteiger partial charge in [-0.25, -0.2) is 0 Å². The number of nitrogens with two attached hydrogens (primary N) is 1. The Labute approximate surface area is 98.7 Å². The maximum absolute atomic E-state index is 6.25. The first-order chi connectivity index (χ1) is 7.58. The average Bonchev–Trinajstić information content (AvgIpc) is 2.75. The molecule has 2 N–H and O–H groups in total.